The summed E-state index contributed by atoms with van der Waals surface area (Å²) in [6, 6.07) is 0. The lowest BCUT2D eigenvalue weighted by Crippen LogP contribution is -2.39. The molecular formula is C13H24O3. The summed E-state index contributed by atoms with van der Waals surface area (Å²) in [5.41, 5.74) is 0. The van der Waals surface area contributed by atoms with Crippen LogP contribution in [-0.4, -0.2) is 24.3 Å². The van der Waals surface area contributed by atoms with Gasteiger partial charge < -0.3 is 9.84 Å². The number of esters is 1. The monoisotopic (exact) mass is 228 g/mol. The molecule has 1 saturated carbocycles. The van der Waals surface area contributed by atoms with E-state index in [4.69, 9.17) is 4.74 Å². The lowest BCUT2D eigenvalue weighted by atomic mass is 9.77. The van der Waals surface area contributed by atoms with Crippen molar-refractivity contribution in [3.05, 3.63) is 0 Å². The Morgan fingerprint density at radius 3 is 2.25 bits per heavy atom. The minimum Gasteiger partial charge on any atom is -0.469 e. The van der Waals surface area contributed by atoms with Crippen molar-refractivity contribution in [1.82, 2.24) is 0 Å². The summed E-state index contributed by atoms with van der Waals surface area (Å²) in [7, 11) is 1.39. The number of hydrogen-bond acceptors (Lipinski definition) is 3. The van der Waals surface area contributed by atoms with Gasteiger partial charge in [-0.15, -0.1) is 0 Å². The molecule has 2 atom stereocenters. The van der Waals surface area contributed by atoms with Crippen molar-refractivity contribution < 1.29 is 14.6 Å². The van der Waals surface area contributed by atoms with Gasteiger partial charge in [0.2, 0.25) is 0 Å². The third-order valence-electron chi connectivity index (χ3n) is 3.69. The lowest BCUT2D eigenvalue weighted by molar-refractivity contribution is -0.153. The summed E-state index contributed by atoms with van der Waals surface area (Å²) in [5.74, 6) is -0.231. The molecule has 94 valence electrons. The molecule has 16 heavy (non-hydrogen) atoms. The molecule has 0 saturated heterocycles. The summed E-state index contributed by atoms with van der Waals surface area (Å²) in [5, 5.41) is 10.3. The van der Waals surface area contributed by atoms with E-state index in [9.17, 15) is 9.90 Å². The average Bonchev–Trinajstić information content (AvgIpc) is 2.29. The fraction of sp³-hybridized carbons (Fsp3) is 0.923. The second-order valence-electron chi connectivity index (χ2n) is 5.18. The van der Waals surface area contributed by atoms with Gasteiger partial charge in [-0.05, 0) is 24.7 Å². The van der Waals surface area contributed by atoms with Gasteiger partial charge in [0.05, 0.1) is 19.1 Å². The van der Waals surface area contributed by atoms with Crippen LogP contribution in [-0.2, 0) is 9.53 Å². The third kappa shape index (κ3) is 3.21. The van der Waals surface area contributed by atoms with Crippen LogP contribution < -0.4 is 0 Å². The molecule has 1 fully saturated rings. The molecule has 0 aromatic carbocycles. The Morgan fingerprint density at radius 2 is 1.81 bits per heavy atom. The Kier molecular flexibility index (Phi) is 5.26. The SMILES string of the molecule is COC(=O)C(C(C)C)C(O)C1CCCCC1. The van der Waals surface area contributed by atoms with Gasteiger partial charge in [0, 0.05) is 0 Å². The molecule has 0 amide bonds. The molecular weight excluding hydrogens is 204 g/mol. The molecule has 0 spiro atoms. The van der Waals surface area contributed by atoms with Gasteiger partial charge >= 0.3 is 5.97 Å². The fourth-order valence-corrected chi connectivity index (χ4v) is 2.71. The predicted molar refractivity (Wildman–Crippen MR) is 62.9 cm³/mol. The topological polar surface area (TPSA) is 46.5 Å². The normalized spacial score (nSPS) is 21.8. The van der Waals surface area contributed by atoms with E-state index in [1.165, 1.54) is 26.4 Å². The molecule has 3 nitrogen and oxygen atoms in total. The molecule has 1 rings (SSSR count). The highest BCUT2D eigenvalue weighted by Crippen LogP contribution is 2.32. The number of rotatable bonds is 4. The second-order valence-corrected chi connectivity index (χ2v) is 5.18. The van der Waals surface area contributed by atoms with E-state index in [0.29, 0.717) is 0 Å². The largest absolute Gasteiger partial charge is 0.469 e. The van der Waals surface area contributed by atoms with Gasteiger partial charge in [-0.2, -0.15) is 0 Å². The van der Waals surface area contributed by atoms with Gasteiger partial charge in [-0.3, -0.25) is 4.79 Å². The minimum absolute atomic E-state index is 0.129. The summed E-state index contributed by atoms with van der Waals surface area (Å²) >= 11 is 0. The number of hydrogen-bond donors (Lipinski definition) is 1. The van der Waals surface area contributed by atoms with Crippen LogP contribution in [0.2, 0.25) is 0 Å². The Bertz CT molecular complexity index is 219. The minimum atomic E-state index is -0.534. The molecule has 0 aromatic rings. The van der Waals surface area contributed by atoms with Crippen molar-refractivity contribution in [3.8, 4) is 0 Å². The molecule has 1 aliphatic rings. The van der Waals surface area contributed by atoms with Crippen LogP contribution in [0.1, 0.15) is 46.0 Å². The summed E-state index contributed by atoms with van der Waals surface area (Å²) < 4.78 is 4.79. The van der Waals surface area contributed by atoms with Crippen molar-refractivity contribution in [2.24, 2.45) is 17.8 Å². The zero-order chi connectivity index (χ0) is 12.1. The van der Waals surface area contributed by atoms with E-state index in [-0.39, 0.29) is 23.7 Å². The lowest BCUT2D eigenvalue weighted by Gasteiger charge is -2.32. The van der Waals surface area contributed by atoms with Crippen molar-refractivity contribution >= 4 is 5.97 Å². The first-order valence-corrected chi connectivity index (χ1v) is 6.33. The molecule has 0 bridgehead atoms. The first-order valence-electron chi connectivity index (χ1n) is 6.33. The highest BCUT2D eigenvalue weighted by Gasteiger charge is 2.36. The van der Waals surface area contributed by atoms with Crippen LogP contribution in [0.25, 0.3) is 0 Å². The second kappa shape index (κ2) is 6.24. The third-order valence-corrected chi connectivity index (χ3v) is 3.69. The summed E-state index contributed by atoms with van der Waals surface area (Å²) in [6.07, 6.45) is 5.16. The van der Waals surface area contributed by atoms with Crippen molar-refractivity contribution in [2.75, 3.05) is 7.11 Å². The van der Waals surface area contributed by atoms with Gasteiger partial charge in [0.25, 0.3) is 0 Å². The number of carbonyl (C=O) groups is 1. The van der Waals surface area contributed by atoms with Crippen LogP contribution in [0.5, 0.6) is 0 Å². The first kappa shape index (κ1) is 13.5. The smallest absolute Gasteiger partial charge is 0.311 e. The van der Waals surface area contributed by atoms with Gasteiger partial charge in [-0.1, -0.05) is 33.1 Å². The zero-order valence-electron chi connectivity index (χ0n) is 10.6. The highest BCUT2D eigenvalue weighted by atomic mass is 16.5. The number of aliphatic hydroxyl groups is 1. The molecule has 0 aromatic heterocycles. The number of methoxy groups -OCH3 is 1. The maximum atomic E-state index is 11.7. The molecule has 0 radical (unpaired) electrons. The van der Waals surface area contributed by atoms with Crippen LogP contribution in [0.15, 0.2) is 0 Å². The van der Waals surface area contributed by atoms with Gasteiger partial charge in [0.1, 0.15) is 0 Å². The van der Waals surface area contributed by atoms with E-state index >= 15 is 0 Å². The van der Waals surface area contributed by atoms with E-state index in [1.807, 2.05) is 13.8 Å². The van der Waals surface area contributed by atoms with Crippen LogP contribution in [0.4, 0.5) is 0 Å². The molecule has 2 unspecified atom stereocenters. The van der Waals surface area contributed by atoms with Crippen LogP contribution in [0, 0.1) is 17.8 Å². The predicted octanol–water partition coefficient (Wildman–Crippen LogP) is 2.37. The Labute approximate surface area is 98.2 Å². The van der Waals surface area contributed by atoms with Crippen molar-refractivity contribution in [1.29, 1.82) is 0 Å². The number of carbonyl (C=O) groups excluding carboxylic acids is 1. The van der Waals surface area contributed by atoms with Crippen molar-refractivity contribution in [3.63, 3.8) is 0 Å². The summed E-state index contributed by atoms with van der Waals surface area (Å²) in [4.78, 5) is 11.7. The number of ether oxygens (including phenoxy) is 1. The summed E-state index contributed by atoms with van der Waals surface area (Å²) in [6.45, 7) is 3.93. The van der Waals surface area contributed by atoms with E-state index in [2.05, 4.69) is 0 Å². The standard InChI is InChI=1S/C13H24O3/c1-9(2)11(13(15)16-3)12(14)10-7-5-4-6-8-10/h9-12,14H,4-8H2,1-3H3. The molecule has 3 heteroatoms. The Balaban J connectivity index is 2.65. The Hall–Kier alpha value is -0.570. The van der Waals surface area contributed by atoms with E-state index in [0.717, 1.165) is 12.8 Å². The van der Waals surface area contributed by atoms with E-state index in [1.54, 1.807) is 0 Å². The quantitative estimate of drug-likeness (QED) is 0.751. The molecule has 1 aliphatic carbocycles. The van der Waals surface area contributed by atoms with Gasteiger partial charge in [0.15, 0.2) is 0 Å². The molecule has 1 N–H and O–H groups in total. The maximum absolute atomic E-state index is 11.7. The maximum Gasteiger partial charge on any atom is 0.311 e. The van der Waals surface area contributed by atoms with Crippen molar-refractivity contribution in [2.45, 2.75) is 52.1 Å². The highest BCUT2D eigenvalue weighted by molar-refractivity contribution is 5.73. The van der Waals surface area contributed by atoms with E-state index < -0.39 is 6.10 Å². The average molecular weight is 228 g/mol. The van der Waals surface area contributed by atoms with Crippen LogP contribution >= 0.6 is 0 Å². The van der Waals surface area contributed by atoms with Crippen LogP contribution in [0.3, 0.4) is 0 Å². The molecule has 0 heterocycles. The number of aliphatic hydroxyl groups excluding tert-OH is 1. The Morgan fingerprint density at radius 1 is 1.25 bits per heavy atom. The fourth-order valence-electron chi connectivity index (χ4n) is 2.71. The van der Waals surface area contributed by atoms with Gasteiger partial charge in [-0.25, -0.2) is 0 Å². The molecule has 0 aliphatic heterocycles. The zero-order valence-corrected chi connectivity index (χ0v) is 10.6. The first-order chi connectivity index (χ1) is 7.57.